The maximum atomic E-state index is 7.05. The highest BCUT2D eigenvalue weighted by Gasteiger charge is 2.37. The molecule has 294 valence electrons. The zero-order valence-corrected chi connectivity index (χ0v) is 36.3. The molecular weight excluding hydrogens is 772 g/mol. The van der Waals surface area contributed by atoms with E-state index in [-0.39, 0.29) is 10.8 Å². The van der Waals surface area contributed by atoms with E-state index in [1.165, 1.54) is 44.5 Å². The molecule has 10 rings (SSSR count). The van der Waals surface area contributed by atoms with Crippen LogP contribution in [0.2, 0.25) is 10.0 Å². The monoisotopic (exact) mass is 816 g/mol. The van der Waals surface area contributed by atoms with Crippen LogP contribution in [0.5, 0.6) is 0 Å². The molecule has 0 radical (unpaired) electrons. The molecule has 0 amide bonds. The third-order valence-corrected chi connectivity index (χ3v) is 13.5. The van der Waals surface area contributed by atoms with Gasteiger partial charge in [0, 0.05) is 33.6 Å². The lowest BCUT2D eigenvalue weighted by Crippen LogP contribution is -2.16. The summed E-state index contributed by atoms with van der Waals surface area (Å²) in [5, 5.41) is 1.43. The Kier molecular flexibility index (Phi) is 9.09. The molecule has 2 nitrogen and oxygen atoms in total. The first kappa shape index (κ1) is 38.2. The van der Waals surface area contributed by atoms with Crippen LogP contribution in [0.15, 0.2) is 170 Å². The van der Waals surface area contributed by atoms with Crippen molar-refractivity contribution in [2.45, 2.75) is 52.4 Å². The van der Waals surface area contributed by atoms with Crippen LogP contribution in [-0.4, -0.2) is 0 Å². The Morgan fingerprint density at radius 2 is 0.700 bits per heavy atom. The molecule has 0 bridgehead atoms. The predicted molar refractivity (Wildman–Crippen MR) is 256 cm³/mol. The van der Waals surface area contributed by atoms with E-state index in [2.05, 4.69) is 209 Å². The third-order valence-electron chi connectivity index (χ3n) is 12.9. The number of rotatable bonds is 7. The molecule has 0 atom stereocenters. The lowest BCUT2D eigenvalue weighted by Gasteiger charge is -2.29. The van der Waals surface area contributed by atoms with Crippen LogP contribution in [0.1, 0.15) is 61.1 Å². The third kappa shape index (κ3) is 6.16. The van der Waals surface area contributed by atoms with E-state index in [0.717, 1.165) is 56.4 Å². The molecule has 0 spiro atoms. The van der Waals surface area contributed by atoms with Gasteiger partial charge in [0.2, 0.25) is 0 Å². The average Bonchev–Trinajstić information content (AvgIpc) is 3.62. The van der Waals surface area contributed by atoms with Gasteiger partial charge in [-0.1, -0.05) is 148 Å². The molecular formula is C56H46Cl2N2. The molecule has 4 heteroatoms. The Labute approximate surface area is 364 Å². The van der Waals surface area contributed by atoms with Crippen LogP contribution in [0, 0.1) is 13.8 Å². The van der Waals surface area contributed by atoms with Gasteiger partial charge in [0.1, 0.15) is 0 Å². The summed E-state index contributed by atoms with van der Waals surface area (Å²) in [6.45, 7) is 13.5. The number of anilines is 6. The predicted octanol–water partition coefficient (Wildman–Crippen LogP) is 16.8. The van der Waals surface area contributed by atoms with E-state index in [9.17, 15) is 0 Å². The van der Waals surface area contributed by atoms with Gasteiger partial charge in [-0.05, 0) is 153 Å². The fourth-order valence-electron chi connectivity index (χ4n) is 9.71. The lowest BCUT2D eigenvalue weighted by atomic mass is 9.82. The van der Waals surface area contributed by atoms with E-state index in [1.807, 2.05) is 12.1 Å². The maximum absolute atomic E-state index is 7.05. The van der Waals surface area contributed by atoms with E-state index < -0.39 is 0 Å². The van der Waals surface area contributed by atoms with Crippen LogP contribution in [-0.2, 0) is 10.8 Å². The SMILES string of the molecule is Cc1ccc(N(c2ccc(-c3ccc(N(c4ccc5c(c4)C(C)(C)c4ccccc4-5)c4ccc(C)cc4Cl)cc3)cc2)c2ccc3c(c2)C(C)(C)c2ccccc2-3)c(Cl)c1. The summed E-state index contributed by atoms with van der Waals surface area (Å²) in [4.78, 5) is 4.57. The van der Waals surface area contributed by atoms with E-state index in [0.29, 0.717) is 10.0 Å². The minimum absolute atomic E-state index is 0.121. The first-order chi connectivity index (χ1) is 28.9. The number of fused-ring (bicyclic) bond motifs is 6. The van der Waals surface area contributed by atoms with Crippen LogP contribution in [0.25, 0.3) is 33.4 Å². The molecule has 0 fully saturated rings. The molecule has 60 heavy (non-hydrogen) atoms. The van der Waals surface area contributed by atoms with Crippen molar-refractivity contribution in [2.75, 3.05) is 9.80 Å². The summed E-state index contributed by atoms with van der Waals surface area (Å²) < 4.78 is 0. The van der Waals surface area contributed by atoms with Crippen molar-refractivity contribution in [3.05, 3.63) is 213 Å². The number of halogens is 2. The highest BCUT2D eigenvalue weighted by molar-refractivity contribution is 6.34. The fourth-order valence-corrected chi connectivity index (χ4v) is 10.3. The van der Waals surface area contributed by atoms with Crippen molar-refractivity contribution in [1.29, 1.82) is 0 Å². The second-order valence-electron chi connectivity index (χ2n) is 17.5. The quantitative estimate of drug-likeness (QED) is 0.158. The second-order valence-corrected chi connectivity index (χ2v) is 18.3. The van der Waals surface area contributed by atoms with Crippen LogP contribution >= 0.6 is 23.2 Å². The van der Waals surface area contributed by atoms with Gasteiger partial charge in [-0.2, -0.15) is 0 Å². The molecule has 8 aromatic rings. The van der Waals surface area contributed by atoms with Gasteiger partial charge in [0.05, 0.1) is 21.4 Å². The number of benzene rings is 8. The van der Waals surface area contributed by atoms with Gasteiger partial charge in [0.25, 0.3) is 0 Å². The maximum Gasteiger partial charge on any atom is 0.0649 e. The lowest BCUT2D eigenvalue weighted by molar-refractivity contribution is 0.660. The normalized spacial score (nSPS) is 13.9. The molecule has 2 aliphatic carbocycles. The molecule has 8 aromatic carbocycles. The molecule has 0 saturated carbocycles. The van der Waals surface area contributed by atoms with Crippen molar-refractivity contribution in [1.82, 2.24) is 0 Å². The Hall–Kier alpha value is -6.06. The topological polar surface area (TPSA) is 6.48 Å². The minimum atomic E-state index is -0.121. The summed E-state index contributed by atoms with van der Waals surface area (Å²) >= 11 is 14.1. The van der Waals surface area contributed by atoms with Gasteiger partial charge in [0.15, 0.2) is 0 Å². The highest BCUT2D eigenvalue weighted by Crippen LogP contribution is 2.53. The summed E-state index contributed by atoms with van der Waals surface area (Å²) in [5.41, 5.74) is 21.0. The van der Waals surface area contributed by atoms with Gasteiger partial charge >= 0.3 is 0 Å². The number of aryl methyl sites for hydroxylation is 2. The minimum Gasteiger partial charge on any atom is -0.309 e. The van der Waals surface area contributed by atoms with Crippen LogP contribution in [0.4, 0.5) is 34.1 Å². The fraction of sp³-hybridized carbons (Fsp3) is 0.143. The van der Waals surface area contributed by atoms with Crippen molar-refractivity contribution < 1.29 is 0 Å². The van der Waals surface area contributed by atoms with Crippen molar-refractivity contribution >= 4 is 57.3 Å². The van der Waals surface area contributed by atoms with Crippen molar-refractivity contribution in [3.63, 3.8) is 0 Å². The first-order valence-corrected chi connectivity index (χ1v) is 21.5. The van der Waals surface area contributed by atoms with Gasteiger partial charge < -0.3 is 9.80 Å². The van der Waals surface area contributed by atoms with E-state index in [4.69, 9.17) is 23.2 Å². The van der Waals surface area contributed by atoms with Crippen molar-refractivity contribution in [2.24, 2.45) is 0 Å². The average molecular weight is 818 g/mol. The Morgan fingerprint density at radius 1 is 0.350 bits per heavy atom. The first-order valence-electron chi connectivity index (χ1n) is 20.7. The van der Waals surface area contributed by atoms with E-state index >= 15 is 0 Å². The Balaban J connectivity index is 1.01. The van der Waals surface area contributed by atoms with Gasteiger partial charge in [-0.15, -0.1) is 0 Å². The molecule has 0 aromatic heterocycles. The largest absolute Gasteiger partial charge is 0.309 e. The second kappa shape index (κ2) is 14.3. The Morgan fingerprint density at radius 3 is 1.08 bits per heavy atom. The zero-order chi connectivity index (χ0) is 41.5. The Bertz CT molecular complexity index is 2770. The molecule has 0 aliphatic heterocycles. The van der Waals surface area contributed by atoms with Crippen molar-refractivity contribution in [3.8, 4) is 33.4 Å². The summed E-state index contributed by atoms with van der Waals surface area (Å²) in [7, 11) is 0. The standard InChI is InChI=1S/C56H46Cl2N2/c1-35-15-29-53(51(57)31-35)59(41-25-27-45-43-11-7-9-13-47(43)55(3,4)49(45)33-41)39-21-17-37(18-22-39)38-19-23-40(24-20-38)60(54-30-16-36(2)32-52(54)58)42-26-28-46-44-12-8-10-14-48(44)56(5,6)50(46)34-42/h7-34H,1-6H3. The van der Waals surface area contributed by atoms with E-state index in [1.54, 1.807) is 0 Å². The number of hydrogen-bond donors (Lipinski definition) is 0. The van der Waals surface area contributed by atoms with Crippen LogP contribution < -0.4 is 9.80 Å². The number of nitrogens with zero attached hydrogens (tertiary/aromatic N) is 2. The van der Waals surface area contributed by atoms with Gasteiger partial charge in [-0.3, -0.25) is 0 Å². The molecule has 0 unspecified atom stereocenters. The molecule has 2 aliphatic rings. The molecule has 0 saturated heterocycles. The smallest absolute Gasteiger partial charge is 0.0649 e. The highest BCUT2D eigenvalue weighted by atomic mass is 35.5. The molecule has 0 heterocycles. The summed E-state index contributed by atoms with van der Waals surface area (Å²) in [6, 6.07) is 61.5. The summed E-state index contributed by atoms with van der Waals surface area (Å²) in [6.07, 6.45) is 0. The number of hydrogen-bond acceptors (Lipinski definition) is 2. The van der Waals surface area contributed by atoms with Gasteiger partial charge in [-0.25, -0.2) is 0 Å². The summed E-state index contributed by atoms with van der Waals surface area (Å²) in [5.74, 6) is 0. The van der Waals surface area contributed by atoms with Crippen LogP contribution in [0.3, 0.4) is 0 Å². The molecule has 0 N–H and O–H groups in total. The zero-order valence-electron chi connectivity index (χ0n) is 34.8.